The smallest absolute Gasteiger partial charge is 0.0380 e. The van der Waals surface area contributed by atoms with Crippen LogP contribution in [0.2, 0.25) is 0 Å². The van der Waals surface area contributed by atoms with Crippen molar-refractivity contribution in [3.63, 3.8) is 0 Å². The molecular weight excluding hydrogens is 312 g/mol. The van der Waals surface area contributed by atoms with Gasteiger partial charge in [-0.2, -0.15) is 0 Å². The molecule has 2 saturated carbocycles. The van der Waals surface area contributed by atoms with Crippen LogP contribution in [0.25, 0.3) is 0 Å². The lowest BCUT2D eigenvalue weighted by Gasteiger charge is -2.27. The summed E-state index contributed by atoms with van der Waals surface area (Å²) in [4.78, 5) is 2.59. The quantitative estimate of drug-likeness (QED) is 0.797. The van der Waals surface area contributed by atoms with Crippen LogP contribution in [0.1, 0.15) is 45.1 Å². The molecule has 0 bridgehead atoms. The first kappa shape index (κ1) is 14.4. The fourth-order valence-electron chi connectivity index (χ4n) is 2.64. The maximum atomic E-state index is 3.76. The monoisotopic (exact) mass is 336 g/mol. The fourth-order valence-corrected chi connectivity index (χ4v) is 3.15. The molecule has 0 heterocycles. The molecule has 0 unspecified atom stereocenters. The molecular formula is C17H25BrN2. The normalized spacial score (nSPS) is 18.6. The molecule has 110 valence electrons. The van der Waals surface area contributed by atoms with Gasteiger partial charge in [0, 0.05) is 35.3 Å². The third-order valence-electron chi connectivity index (χ3n) is 4.08. The van der Waals surface area contributed by atoms with E-state index in [1.165, 1.54) is 41.4 Å². The molecule has 1 aromatic rings. The summed E-state index contributed by atoms with van der Waals surface area (Å²) >= 11 is 3.76. The Morgan fingerprint density at radius 3 is 2.55 bits per heavy atom. The van der Waals surface area contributed by atoms with Crippen LogP contribution in [-0.4, -0.2) is 18.6 Å². The van der Waals surface area contributed by atoms with E-state index in [9.17, 15) is 0 Å². The molecule has 0 atom stereocenters. The Labute approximate surface area is 131 Å². The molecule has 0 amide bonds. The first-order chi connectivity index (χ1) is 9.63. The van der Waals surface area contributed by atoms with Gasteiger partial charge in [-0.3, -0.25) is 0 Å². The van der Waals surface area contributed by atoms with Crippen molar-refractivity contribution in [3.8, 4) is 0 Å². The number of rotatable bonds is 7. The van der Waals surface area contributed by atoms with E-state index in [0.29, 0.717) is 5.92 Å². The number of hydrogen-bond acceptors (Lipinski definition) is 2. The van der Waals surface area contributed by atoms with Gasteiger partial charge in [0.25, 0.3) is 0 Å². The summed E-state index contributed by atoms with van der Waals surface area (Å²) in [6, 6.07) is 8.44. The second-order valence-corrected chi connectivity index (χ2v) is 7.56. The molecule has 0 saturated heterocycles. The topological polar surface area (TPSA) is 15.3 Å². The lowest BCUT2D eigenvalue weighted by Crippen LogP contribution is -2.29. The number of nitrogens with zero attached hydrogens (tertiary/aromatic N) is 1. The van der Waals surface area contributed by atoms with Crippen molar-refractivity contribution in [1.82, 2.24) is 5.32 Å². The summed E-state index contributed by atoms with van der Waals surface area (Å²) in [5.74, 6) is 0.714. The van der Waals surface area contributed by atoms with Gasteiger partial charge in [-0.1, -0.05) is 35.8 Å². The van der Waals surface area contributed by atoms with Crippen LogP contribution < -0.4 is 10.2 Å². The molecule has 0 aliphatic heterocycles. The molecule has 3 heteroatoms. The maximum absolute atomic E-state index is 3.76. The van der Waals surface area contributed by atoms with Crippen molar-refractivity contribution in [2.24, 2.45) is 5.92 Å². The van der Waals surface area contributed by atoms with Crippen LogP contribution >= 0.6 is 15.9 Å². The van der Waals surface area contributed by atoms with Crippen molar-refractivity contribution in [1.29, 1.82) is 0 Å². The van der Waals surface area contributed by atoms with E-state index in [1.807, 2.05) is 0 Å². The molecule has 20 heavy (non-hydrogen) atoms. The molecule has 2 aliphatic rings. The predicted octanol–water partition coefficient (Wildman–Crippen LogP) is 4.33. The van der Waals surface area contributed by atoms with Gasteiger partial charge in [0.1, 0.15) is 0 Å². The van der Waals surface area contributed by atoms with Crippen LogP contribution in [0.5, 0.6) is 0 Å². The SMILES string of the molecule is CC(C)CN(c1ccc(CNC2CC2)c(Br)c1)C1CC1. The summed E-state index contributed by atoms with van der Waals surface area (Å²) < 4.78 is 1.25. The average molecular weight is 337 g/mol. The average Bonchev–Trinajstić information content (AvgIpc) is 3.27. The standard InChI is InChI=1S/C17H25BrN2/c1-12(2)11-20(15-7-8-15)16-6-3-13(17(18)9-16)10-19-14-4-5-14/h3,6,9,12,14-15,19H,4-5,7-8,10-11H2,1-2H3. The highest BCUT2D eigenvalue weighted by atomic mass is 79.9. The number of nitrogens with one attached hydrogen (secondary N) is 1. The van der Waals surface area contributed by atoms with E-state index in [4.69, 9.17) is 0 Å². The Bertz CT molecular complexity index is 464. The molecule has 2 fully saturated rings. The number of benzene rings is 1. The zero-order valence-electron chi connectivity index (χ0n) is 12.5. The Hall–Kier alpha value is -0.540. The Balaban J connectivity index is 1.70. The summed E-state index contributed by atoms with van der Waals surface area (Å²) in [5.41, 5.74) is 2.75. The van der Waals surface area contributed by atoms with Crippen LogP contribution in [0.3, 0.4) is 0 Å². The molecule has 2 nitrogen and oxygen atoms in total. The van der Waals surface area contributed by atoms with Crippen LogP contribution in [0, 0.1) is 5.92 Å². The van der Waals surface area contributed by atoms with Gasteiger partial charge < -0.3 is 10.2 Å². The van der Waals surface area contributed by atoms with Crippen molar-refractivity contribution in [2.75, 3.05) is 11.4 Å². The number of anilines is 1. The van der Waals surface area contributed by atoms with Crippen LogP contribution in [0.15, 0.2) is 22.7 Å². The molecule has 0 radical (unpaired) electrons. The Kier molecular flexibility index (Phi) is 4.37. The summed E-state index contributed by atoms with van der Waals surface area (Å²) in [6.45, 7) is 6.76. The van der Waals surface area contributed by atoms with Crippen LogP contribution in [-0.2, 0) is 6.54 Å². The highest BCUT2D eigenvalue weighted by molar-refractivity contribution is 9.10. The first-order valence-corrected chi connectivity index (χ1v) is 8.71. The molecule has 1 N–H and O–H groups in total. The van der Waals surface area contributed by atoms with Gasteiger partial charge in [0.2, 0.25) is 0 Å². The van der Waals surface area contributed by atoms with Gasteiger partial charge in [-0.15, -0.1) is 0 Å². The van der Waals surface area contributed by atoms with Crippen molar-refractivity contribution in [2.45, 2.75) is 58.2 Å². The highest BCUT2D eigenvalue weighted by Gasteiger charge is 2.29. The second-order valence-electron chi connectivity index (χ2n) is 6.71. The molecule has 0 spiro atoms. The van der Waals surface area contributed by atoms with Gasteiger partial charge >= 0.3 is 0 Å². The molecule has 3 rings (SSSR count). The second kappa shape index (κ2) is 6.07. The summed E-state index contributed by atoms with van der Waals surface area (Å²) in [5, 5.41) is 3.59. The Morgan fingerprint density at radius 2 is 2.00 bits per heavy atom. The lowest BCUT2D eigenvalue weighted by atomic mass is 10.1. The van der Waals surface area contributed by atoms with E-state index < -0.39 is 0 Å². The third kappa shape index (κ3) is 3.76. The zero-order valence-corrected chi connectivity index (χ0v) is 14.1. The number of halogens is 1. The number of hydrogen-bond donors (Lipinski definition) is 1. The largest absolute Gasteiger partial charge is 0.368 e. The minimum absolute atomic E-state index is 0.714. The zero-order chi connectivity index (χ0) is 14.1. The van der Waals surface area contributed by atoms with Crippen molar-refractivity contribution >= 4 is 21.6 Å². The highest BCUT2D eigenvalue weighted by Crippen LogP contribution is 2.34. The maximum Gasteiger partial charge on any atom is 0.0380 e. The van der Waals surface area contributed by atoms with Gasteiger partial charge in [-0.05, 0) is 49.3 Å². The van der Waals surface area contributed by atoms with Crippen molar-refractivity contribution < 1.29 is 0 Å². The van der Waals surface area contributed by atoms with E-state index in [2.05, 4.69) is 58.2 Å². The predicted molar refractivity (Wildman–Crippen MR) is 89.2 cm³/mol. The van der Waals surface area contributed by atoms with Gasteiger partial charge in [0.15, 0.2) is 0 Å². The van der Waals surface area contributed by atoms with Crippen molar-refractivity contribution in [3.05, 3.63) is 28.2 Å². The first-order valence-electron chi connectivity index (χ1n) is 7.92. The van der Waals surface area contributed by atoms with E-state index >= 15 is 0 Å². The van der Waals surface area contributed by atoms with Gasteiger partial charge in [0.05, 0.1) is 0 Å². The van der Waals surface area contributed by atoms with E-state index in [-0.39, 0.29) is 0 Å². The molecule has 2 aliphatic carbocycles. The third-order valence-corrected chi connectivity index (χ3v) is 4.81. The van der Waals surface area contributed by atoms with Crippen LogP contribution in [0.4, 0.5) is 5.69 Å². The lowest BCUT2D eigenvalue weighted by molar-refractivity contribution is 0.607. The van der Waals surface area contributed by atoms with Gasteiger partial charge in [-0.25, -0.2) is 0 Å². The summed E-state index contributed by atoms with van der Waals surface area (Å²) in [6.07, 6.45) is 5.41. The minimum Gasteiger partial charge on any atom is -0.368 e. The molecule has 0 aromatic heterocycles. The summed E-state index contributed by atoms with van der Waals surface area (Å²) in [7, 11) is 0. The molecule has 1 aromatic carbocycles. The van der Waals surface area contributed by atoms with E-state index in [1.54, 1.807) is 0 Å². The Morgan fingerprint density at radius 1 is 1.25 bits per heavy atom. The fraction of sp³-hybridized carbons (Fsp3) is 0.647. The van der Waals surface area contributed by atoms with E-state index in [0.717, 1.165) is 25.2 Å². The minimum atomic E-state index is 0.714.